The van der Waals surface area contributed by atoms with Crippen LogP contribution >= 0.6 is 0 Å². The zero-order valence-electron chi connectivity index (χ0n) is 10.6. The second-order valence-electron chi connectivity index (χ2n) is 4.09. The van der Waals surface area contributed by atoms with Crippen LogP contribution in [0.5, 0.6) is 5.75 Å². The number of rotatable bonds is 7. The molecule has 0 amide bonds. The summed E-state index contributed by atoms with van der Waals surface area (Å²) < 4.78 is 5.33. The van der Waals surface area contributed by atoms with Gasteiger partial charge in [0.25, 0.3) is 0 Å². The van der Waals surface area contributed by atoms with Crippen molar-refractivity contribution in [2.45, 2.75) is 45.7 Å². The van der Waals surface area contributed by atoms with Gasteiger partial charge in [-0.3, -0.25) is 0 Å². The average Bonchev–Trinajstić information content (AvgIpc) is 2.34. The smallest absolute Gasteiger partial charge is 0.123 e. The Hall–Kier alpha value is -1.02. The fourth-order valence-electron chi connectivity index (χ4n) is 1.90. The molecule has 0 saturated carbocycles. The quantitative estimate of drug-likeness (QED) is 0.762. The van der Waals surface area contributed by atoms with Crippen molar-refractivity contribution >= 4 is 0 Å². The van der Waals surface area contributed by atoms with E-state index in [-0.39, 0.29) is 0 Å². The van der Waals surface area contributed by atoms with E-state index in [2.05, 4.69) is 31.3 Å². The fraction of sp³-hybridized carbons (Fsp3) is 0.571. The summed E-state index contributed by atoms with van der Waals surface area (Å²) in [5.74, 6) is 0.973. The van der Waals surface area contributed by atoms with Crippen LogP contribution in [-0.4, -0.2) is 13.2 Å². The Kier molecular flexibility index (Phi) is 5.94. The van der Waals surface area contributed by atoms with Crippen molar-refractivity contribution in [3.63, 3.8) is 0 Å². The summed E-state index contributed by atoms with van der Waals surface area (Å²) >= 11 is 0. The van der Waals surface area contributed by atoms with Crippen LogP contribution in [0.2, 0.25) is 0 Å². The first kappa shape index (κ1) is 13.0. The third-order valence-electron chi connectivity index (χ3n) is 2.90. The summed E-state index contributed by atoms with van der Waals surface area (Å²) in [4.78, 5) is 0. The van der Waals surface area contributed by atoms with Crippen molar-refractivity contribution < 1.29 is 4.74 Å². The van der Waals surface area contributed by atoms with Crippen molar-refractivity contribution in [1.29, 1.82) is 0 Å². The minimum Gasteiger partial charge on any atom is -0.496 e. The van der Waals surface area contributed by atoms with Crippen molar-refractivity contribution in [1.82, 2.24) is 5.32 Å². The lowest BCUT2D eigenvalue weighted by Crippen LogP contribution is -2.27. The summed E-state index contributed by atoms with van der Waals surface area (Å²) in [7, 11) is 1.72. The highest BCUT2D eigenvalue weighted by atomic mass is 16.5. The minimum atomic E-state index is 0.620. The Morgan fingerprint density at radius 2 is 2.00 bits per heavy atom. The van der Waals surface area contributed by atoms with Gasteiger partial charge in [-0.1, -0.05) is 38.5 Å². The van der Waals surface area contributed by atoms with Crippen LogP contribution in [0.4, 0.5) is 0 Å². The summed E-state index contributed by atoms with van der Waals surface area (Å²) in [6, 6.07) is 8.81. The molecule has 0 spiro atoms. The molecule has 2 nitrogen and oxygen atoms in total. The van der Waals surface area contributed by atoms with E-state index in [1.54, 1.807) is 7.11 Å². The van der Waals surface area contributed by atoms with E-state index in [0.717, 1.165) is 12.3 Å². The van der Waals surface area contributed by atoms with Gasteiger partial charge in [0.1, 0.15) is 5.75 Å². The van der Waals surface area contributed by atoms with E-state index >= 15 is 0 Å². The Balaban J connectivity index is 2.52. The molecule has 1 rings (SSSR count). The van der Waals surface area contributed by atoms with Crippen LogP contribution in [0.1, 0.15) is 38.7 Å². The molecular weight excluding hydrogens is 198 g/mol. The van der Waals surface area contributed by atoms with Crippen LogP contribution in [0.15, 0.2) is 24.3 Å². The first-order chi connectivity index (χ1) is 7.81. The summed E-state index contributed by atoms with van der Waals surface area (Å²) in [5.41, 5.74) is 1.24. The van der Waals surface area contributed by atoms with E-state index in [0.29, 0.717) is 6.04 Å². The minimum absolute atomic E-state index is 0.620. The lowest BCUT2D eigenvalue weighted by molar-refractivity contribution is 0.401. The van der Waals surface area contributed by atoms with Gasteiger partial charge in [0.2, 0.25) is 0 Å². The average molecular weight is 221 g/mol. The topological polar surface area (TPSA) is 21.3 Å². The third-order valence-corrected chi connectivity index (χ3v) is 2.90. The molecule has 1 N–H and O–H groups in total. The van der Waals surface area contributed by atoms with E-state index in [4.69, 9.17) is 4.74 Å². The van der Waals surface area contributed by atoms with Gasteiger partial charge in [-0.25, -0.2) is 0 Å². The molecule has 90 valence electrons. The molecule has 1 atom stereocenters. The molecule has 0 fully saturated rings. The maximum absolute atomic E-state index is 5.33. The van der Waals surface area contributed by atoms with Gasteiger partial charge in [-0.2, -0.15) is 0 Å². The van der Waals surface area contributed by atoms with Crippen LogP contribution in [0.3, 0.4) is 0 Å². The van der Waals surface area contributed by atoms with Gasteiger partial charge in [0.05, 0.1) is 7.11 Å². The van der Waals surface area contributed by atoms with Crippen LogP contribution < -0.4 is 10.1 Å². The predicted octanol–water partition coefficient (Wildman–Crippen LogP) is 3.36. The number of hydrogen-bond acceptors (Lipinski definition) is 2. The zero-order valence-corrected chi connectivity index (χ0v) is 10.6. The number of para-hydroxylation sites is 1. The number of nitrogens with one attached hydrogen (secondary N) is 1. The fourth-order valence-corrected chi connectivity index (χ4v) is 1.90. The molecule has 2 heteroatoms. The lowest BCUT2D eigenvalue weighted by Gasteiger charge is -2.17. The van der Waals surface area contributed by atoms with Gasteiger partial charge in [-0.15, -0.1) is 0 Å². The molecule has 0 aliphatic rings. The molecule has 1 aromatic carbocycles. The van der Waals surface area contributed by atoms with Crippen molar-refractivity contribution in [2.75, 3.05) is 7.11 Å². The van der Waals surface area contributed by atoms with Crippen molar-refractivity contribution in [3.8, 4) is 5.75 Å². The van der Waals surface area contributed by atoms with E-state index < -0.39 is 0 Å². The molecule has 0 aromatic heterocycles. The Labute approximate surface area is 99.0 Å². The first-order valence-electron chi connectivity index (χ1n) is 6.17. The highest BCUT2D eigenvalue weighted by molar-refractivity contribution is 5.32. The van der Waals surface area contributed by atoms with Gasteiger partial charge < -0.3 is 10.1 Å². The summed E-state index contributed by atoms with van der Waals surface area (Å²) in [6.45, 7) is 5.35. The maximum atomic E-state index is 5.33. The number of benzene rings is 1. The first-order valence-corrected chi connectivity index (χ1v) is 6.17. The van der Waals surface area contributed by atoms with E-state index in [9.17, 15) is 0 Å². The second-order valence-corrected chi connectivity index (χ2v) is 4.09. The second kappa shape index (κ2) is 7.29. The molecule has 0 aliphatic heterocycles. The molecule has 1 aromatic rings. The van der Waals surface area contributed by atoms with Crippen LogP contribution in [0, 0.1) is 0 Å². The Morgan fingerprint density at radius 1 is 1.25 bits per heavy atom. The Morgan fingerprint density at radius 3 is 2.62 bits per heavy atom. The van der Waals surface area contributed by atoms with Crippen LogP contribution in [0.25, 0.3) is 0 Å². The normalized spacial score (nSPS) is 12.4. The monoisotopic (exact) mass is 221 g/mol. The van der Waals surface area contributed by atoms with Gasteiger partial charge >= 0.3 is 0 Å². The van der Waals surface area contributed by atoms with Crippen molar-refractivity contribution in [2.24, 2.45) is 0 Å². The summed E-state index contributed by atoms with van der Waals surface area (Å²) in [6.07, 6.45) is 3.66. The standard InChI is InChI=1S/C14H23NO/c1-4-8-13(5-2)15-11-12-9-6-7-10-14(12)16-3/h6-7,9-10,13,15H,4-5,8,11H2,1-3H3. The number of methoxy groups -OCH3 is 1. The molecule has 0 saturated heterocycles. The van der Waals surface area contributed by atoms with Gasteiger partial charge in [-0.05, 0) is 18.9 Å². The van der Waals surface area contributed by atoms with Gasteiger partial charge in [0.15, 0.2) is 0 Å². The third kappa shape index (κ3) is 3.86. The maximum Gasteiger partial charge on any atom is 0.123 e. The SMILES string of the molecule is CCCC(CC)NCc1ccccc1OC. The molecular formula is C14H23NO. The van der Waals surface area contributed by atoms with E-state index in [1.807, 2.05) is 12.1 Å². The highest BCUT2D eigenvalue weighted by Gasteiger charge is 2.06. The Bertz CT molecular complexity index is 299. The van der Waals surface area contributed by atoms with Crippen LogP contribution in [-0.2, 0) is 6.54 Å². The lowest BCUT2D eigenvalue weighted by atomic mass is 10.1. The van der Waals surface area contributed by atoms with E-state index in [1.165, 1.54) is 24.8 Å². The van der Waals surface area contributed by atoms with Gasteiger partial charge in [0, 0.05) is 18.2 Å². The zero-order chi connectivity index (χ0) is 11.8. The molecule has 16 heavy (non-hydrogen) atoms. The largest absolute Gasteiger partial charge is 0.496 e. The molecule has 0 aliphatic carbocycles. The molecule has 0 heterocycles. The van der Waals surface area contributed by atoms with Crippen molar-refractivity contribution in [3.05, 3.63) is 29.8 Å². The molecule has 0 bridgehead atoms. The number of hydrogen-bond donors (Lipinski definition) is 1. The highest BCUT2D eigenvalue weighted by Crippen LogP contribution is 2.17. The summed E-state index contributed by atoms with van der Waals surface area (Å²) in [5, 5.41) is 3.58. The predicted molar refractivity (Wildman–Crippen MR) is 68.8 cm³/mol. The molecule has 1 unspecified atom stereocenters. The number of ether oxygens (including phenoxy) is 1. The molecule has 0 radical (unpaired) electrons.